The minimum atomic E-state index is -3.84. The number of fused-ring (bicyclic) bond motifs is 1. The Bertz CT molecular complexity index is 1480. The summed E-state index contributed by atoms with van der Waals surface area (Å²) in [7, 11) is -3.84. The molecule has 7 heteroatoms. The van der Waals surface area contributed by atoms with E-state index in [2.05, 4.69) is 10.0 Å². The van der Waals surface area contributed by atoms with Gasteiger partial charge < -0.3 is 5.32 Å². The number of carbonyl (C=O) groups is 1. The molecule has 0 spiro atoms. The number of hydrogen-bond donors (Lipinski definition) is 2. The lowest BCUT2D eigenvalue weighted by Gasteiger charge is -2.14. The average Bonchev–Trinajstić information content (AvgIpc) is 2.81. The highest BCUT2D eigenvalue weighted by Gasteiger charge is 2.18. The largest absolute Gasteiger partial charge is 0.325 e. The van der Waals surface area contributed by atoms with E-state index in [0.29, 0.717) is 22.3 Å². The van der Waals surface area contributed by atoms with Crippen LogP contribution in [0.25, 0.3) is 10.8 Å². The van der Waals surface area contributed by atoms with Crippen molar-refractivity contribution in [2.24, 2.45) is 0 Å². The van der Waals surface area contributed by atoms with Crippen molar-refractivity contribution in [3.63, 3.8) is 0 Å². The molecular formula is C26H21N3O3S. The number of nitrogens with one attached hydrogen (secondary N) is 2. The fourth-order valence-corrected chi connectivity index (χ4v) is 4.82. The zero-order valence-corrected chi connectivity index (χ0v) is 18.7. The quantitative estimate of drug-likeness (QED) is 0.427. The molecule has 4 aromatic carbocycles. The van der Waals surface area contributed by atoms with Crippen LogP contribution in [0.3, 0.4) is 0 Å². The minimum Gasteiger partial charge on any atom is -0.325 e. The minimum absolute atomic E-state index is 0.136. The average molecular weight is 456 g/mol. The van der Waals surface area contributed by atoms with Crippen LogP contribution in [0.15, 0.2) is 89.8 Å². The number of sulfonamides is 1. The Morgan fingerprint density at radius 2 is 1.67 bits per heavy atom. The number of nitriles is 1. The van der Waals surface area contributed by atoms with E-state index in [1.54, 1.807) is 66.7 Å². The van der Waals surface area contributed by atoms with Crippen LogP contribution in [0.2, 0.25) is 0 Å². The van der Waals surface area contributed by atoms with Crippen molar-refractivity contribution >= 4 is 38.1 Å². The van der Waals surface area contributed by atoms with Gasteiger partial charge in [-0.25, -0.2) is 8.42 Å². The van der Waals surface area contributed by atoms with Crippen LogP contribution < -0.4 is 10.0 Å². The van der Waals surface area contributed by atoms with Gasteiger partial charge in [0.15, 0.2) is 0 Å². The molecule has 0 aliphatic rings. The topological polar surface area (TPSA) is 99.1 Å². The molecule has 0 aliphatic carbocycles. The summed E-state index contributed by atoms with van der Waals surface area (Å²) in [6.45, 7) is 1.83. The number of amides is 1. The SMILES string of the molecule is Cc1ccc(NS(=O)(=O)c2cccc3ccccc23)cc1NC(=O)Cc1ccc(C#N)cc1. The van der Waals surface area contributed by atoms with Gasteiger partial charge in [0, 0.05) is 11.1 Å². The van der Waals surface area contributed by atoms with E-state index in [9.17, 15) is 13.2 Å². The summed E-state index contributed by atoms with van der Waals surface area (Å²) in [5.41, 5.74) is 2.98. The summed E-state index contributed by atoms with van der Waals surface area (Å²) >= 11 is 0. The second-order valence-electron chi connectivity index (χ2n) is 7.65. The molecular weight excluding hydrogens is 434 g/mol. The summed E-state index contributed by atoms with van der Waals surface area (Å²) in [4.78, 5) is 12.7. The summed E-state index contributed by atoms with van der Waals surface area (Å²) in [5, 5.41) is 13.2. The molecule has 0 saturated heterocycles. The van der Waals surface area contributed by atoms with E-state index in [4.69, 9.17) is 5.26 Å². The zero-order valence-electron chi connectivity index (χ0n) is 17.9. The highest BCUT2D eigenvalue weighted by molar-refractivity contribution is 7.93. The van der Waals surface area contributed by atoms with Crippen LogP contribution in [0.5, 0.6) is 0 Å². The molecule has 6 nitrogen and oxygen atoms in total. The highest BCUT2D eigenvalue weighted by Crippen LogP contribution is 2.27. The molecule has 2 N–H and O–H groups in total. The Labute approximate surface area is 192 Å². The van der Waals surface area contributed by atoms with E-state index in [1.165, 1.54) is 0 Å². The second-order valence-corrected chi connectivity index (χ2v) is 9.30. The van der Waals surface area contributed by atoms with Gasteiger partial charge in [0.2, 0.25) is 5.91 Å². The lowest BCUT2D eigenvalue weighted by atomic mass is 10.1. The summed E-state index contributed by atoms with van der Waals surface area (Å²) in [5.74, 6) is -0.239. The van der Waals surface area contributed by atoms with Crippen molar-refractivity contribution in [3.8, 4) is 6.07 Å². The summed E-state index contributed by atoms with van der Waals surface area (Å²) in [6.07, 6.45) is 0.136. The van der Waals surface area contributed by atoms with E-state index in [1.807, 2.05) is 31.2 Å². The van der Waals surface area contributed by atoms with E-state index in [-0.39, 0.29) is 17.2 Å². The van der Waals surface area contributed by atoms with Gasteiger partial charge in [0.05, 0.1) is 28.6 Å². The molecule has 0 aliphatic heterocycles. The van der Waals surface area contributed by atoms with Gasteiger partial charge in [-0.2, -0.15) is 5.26 Å². The Morgan fingerprint density at radius 1 is 0.939 bits per heavy atom. The highest BCUT2D eigenvalue weighted by atomic mass is 32.2. The number of anilines is 2. The van der Waals surface area contributed by atoms with Crippen LogP contribution in [0.4, 0.5) is 11.4 Å². The van der Waals surface area contributed by atoms with Crippen molar-refractivity contribution < 1.29 is 13.2 Å². The third-order valence-electron chi connectivity index (χ3n) is 5.25. The van der Waals surface area contributed by atoms with E-state index in [0.717, 1.165) is 16.5 Å². The van der Waals surface area contributed by atoms with Gasteiger partial charge in [-0.15, -0.1) is 0 Å². The van der Waals surface area contributed by atoms with E-state index >= 15 is 0 Å². The molecule has 0 saturated carbocycles. The summed E-state index contributed by atoms with van der Waals surface area (Å²) < 4.78 is 28.8. The molecule has 164 valence electrons. The number of benzene rings is 4. The number of carbonyl (C=O) groups excluding carboxylic acids is 1. The predicted molar refractivity (Wildman–Crippen MR) is 129 cm³/mol. The van der Waals surface area contributed by atoms with Crippen LogP contribution in [-0.2, 0) is 21.2 Å². The van der Waals surface area contributed by atoms with Crippen LogP contribution in [0.1, 0.15) is 16.7 Å². The monoisotopic (exact) mass is 455 g/mol. The first-order chi connectivity index (χ1) is 15.9. The lowest BCUT2D eigenvalue weighted by Crippen LogP contribution is -2.16. The predicted octanol–water partition coefficient (Wildman–Crippen LogP) is 5.00. The normalized spacial score (nSPS) is 11.0. The smallest absolute Gasteiger partial charge is 0.262 e. The molecule has 0 fully saturated rings. The van der Waals surface area contributed by atoms with Gasteiger partial charge in [-0.05, 0) is 53.8 Å². The van der Waals surface area contributed by atoms with Gasteiger partial charge in [-0.1, -0.05) is 54.6 Å². The Morgan fingerprint density at radius 3 is 2.42 bits per heavy atom. The fraction of sp³-hybridized carbons (Fsp3) is 0.0769. The standard InChI is InChI=1S/C26H21N3O3S/c1-18-9-14-22(16-24(18)28-26(30)15-19-10-12-20(17-27)13-11-19)29-33(31,32)25-8-4-6-21-5-2-3-7-23(21)25/h2-14,16,29H,15H2,1H3,(H,28,30). The van der Waals surface area contributed by atoms with Gasteiger partial charge >= 0.3 is 0 Å². The van der Waals surface area contributed by atoms with Crippen molar-refractivity contribution in [1.82, 2.24) is 0 Å². The van der Waals surface area contributed by atoms with E-state index < -0.39 is 10.0 Å². The maximum absolute atomic E-state index is 13.1. The first kappa shape index (κ1) is 22.1. The maximum atomic E-state index is 13.1. The summed E-state index contributed by atoms with van der Waals surface area (Å²) in [6, 6.07) is 26.3. The lowest BCUT2D eigenvalue weighted by molar-refractivity contribution is -0.115. The maximum Gasteiger partial charge on any atom is 0.262 e. The van der Waals surface area contributed by atoms with Crippen molar-refractivity contribution in [2.75, 3.05) is 10.0 Å². The van der Waals surface area contributed by atoms with Crippen molar-refractivity contribution in [3.05, 3.63) is 102 Å². The molecule has 0 heterocycles. The Hall–Kier alpha value is -4.15. The van der Waals surface area contributed by atoms with Crippen molar-refractivity contribution in [2.45, 2.75) is 18.2 Å². The number of aryl methyl sites for hydroxylation is 1. The second kappa shape index (κ2) is 9.15. The van der Waals surface area contributed by atoms with Crippen LogP contribution >= 0.6 is 0 Å². The third kappa shape index (κ3) is 5.03. The molecule has 0 atom stereocenters. The first-order valence-electron chi connectivity index (χ1n) is 10.3. The van der Waals surface area contributed by atoms with Gasteiger partial charge in [-0.3, -0.25) is 9.52 Å². The molecule has 33 heavy (non-hydrogen) atoms. The van der Waals surface area contributed by atoms with Crippen LogP contribution in [0, 0.1) is 18.3 Å². The van der Waals surface area contributed by atoms with Crippen molar-refractivity contribution in [1.29, 1.82) is 5.26 Å². The number of hydrogen-bond acceptors (Lipinski definition) is 4. The van der Waals surface area contributed by atoms with Gasteiger partial charge in [0.25, 0.3) is 10.0 Å². The molecule has 4 aromatic rings. The molecule has 4 rings (SSSR count). The third-order valence-corrected chi connectivity index (χ3v) is 6.69. The fourth-order valence-electron chi connectivity index (χ4n) is 3.54. The molecule has 0 unspecified atom stereocenters. The zero-order chi connectivity index (χ0) is 23.4. The molecule has 0 radical (unpaired) electrons. The molecule has 0 aromatic heterocycles. The first-order valence-corrected chi connectivity index (χ1v) is 11.7. The van der Waals surface area contributed by atoms with Gasteiger partial charge in [0.1, 0.15) is 0 Å². The molecule has 1 amide bonds. The Balaban J connectivity index is 1.54. The van der Waals surface area contributed by atoms with Crippen LogP contribution in [-0.4, -0.2) is 14.3 Å². The molecule has 0 bridgehead atoms. The number of nitrogens with zero attached hydrogens (tertiary/aromatic N) is 1. The Kier molecular flexibility index (Phi) is 6.11. The number of rotatable bonds is 6.